The summed E-state index contributed by atoms with van der Waals surface area (Å²) in [6.07, 6.45) is -3.50. The van der Waals surface area contributed by atoms with Crippen LogP contribution in [0.4, 0.5) is 13.2 Å². The molecule has 1 fully saturated rings. The first-order chi connectivity index (χ1) is 16.2. The number of amides is 2. The Hall–Kier alpha value is -3.36. The highest BCUT2D eigenvalue weighted by Gasteiger charge is 2.32. The number of likely N-dealkylation sites (tertiary alicyclic amines) is 1. The number of nitrogens with zero attached hydrogens (tertiary/aromatic N) is 2. The van der Waals surface area contributed by atoms with E-state index in [0.29, 0.717) is 32.5 Å². The van der Waals surface area contributed by atoms with E-state index in [2.05, 4.69) is 0 Å². The van der Waals surface area contributed by atoms with Crippen molar-refractivity contribution < 1.29 is 32.3 Å². The summed E-state index contributed by atoms with van der Waals surface area (Å²) in [5, 5.41) is 0. The topological polar surface area (TPSA) is 66.9 Å². The van der Waals surface area contributed by atoms with Crippen LogP contribution in [-0.4, -0.2) is 54.3 Å². The van der Waals surface area contributed by atoms with Gasteiger partial charge in [-0.25, -0.2) is 0 Å². The minimum Gasteiger partial charge on any atom is -0.469 e. The van der Waals surface area contributed by atoms with Crippen LogP contribution in [0.1, 0.15) is 40.7 Å². The van der Waals surface area contributed by atoms with E-state index in [1.54, 1.807) is 9.80 Å². The third-order valence-corrected chi connectivity index (χ3v) is 5.93. The molecule has 2 aromatic carbocycles. The lowest BCUT2D eigenvalue weighted by atomic mass is 9.94. The molecule has 1 saturated heterocycles. The summed E-state index contributed by atoms with van der Waals surface area (Å²) >= 11 is 0. The van der Waals surface area contributed by atoms with Gasteiger partial charge in [-0.2, -0.15) is 13.2 Å². The van der Waals surface area contributed by atoms with Crippen molar-refractivity contribution in [1.29, 1.82) is 0 Å². The highest BCUT2D eigenvalue weighted by atomic mass is 19.4. The quantitative estimate of drug-likeness (QED) is 0.563. The van der Waals surface area contributed by atoms with Gasteiger partial charge in [-0.3, -0.25) is 14.4 Å². The van der Waals surface area contributed by atoms with Gasteiger partial charge in [0, 0.05) is 37.7 Å². The highest BCUT2D eigenvalue weighted by Crippen LogP contribution is 2.29. The van der Waals surface area contributed by atoms with Crippen LogP contribution in [0, 0.1) is 5.92 Å². The number of alkyl halides is 3. The van der Waals surface area contributed by atoms with Crippen molar-refractivity contribution in [3.63, 3.8) is 0 Å². The molecule has 182 valence electrons. The second kappa shape index (κ2) is 11.2. The van der Waals surface area contributed by atoms with Crippen LogP contribution < -0.4 is 0 Å². The van der Waals surface area contributed by atoms with E-state index in [0.717, 1.165) is 17.7 Å². The maximum atomic E-state index is 13.2. The Morgan fingerprint density at radius 1 is 1.00 bits per heavy atom. The number of halogens is 3. The minimum absolute atomic E-state index is 0.0837. The molecule has 34 heavy (non-hydrogen) atoms. The molecule has 2 amide bonds. The number of carbonyl (C=O) groups excluding carboxylic acids is 3. The average molecular weight is 476 g/mol. The smallest absolute Gasteiger partial charge is 0.416 e. The standard InChI is InChI=1S/C25H27F3N2O4/c1-34-22(31)13-16-30(17-18-5-3-2-4-6-18)24(33)20-11-14-29(15-12-20)23(32)19-7-9-21(10-8-19)25(26,27)28/h2-10,20H,11-17H2,1H3. The second-order valence-electron chi connectivity index (χ2n) is 8.21. The predicted molar refractivity (Wildman–Crippen MR) is 119 cm³/mol. The maximum absolute atomic E-state index is 13.2. The van der Waals surface area contributed by atoms with Crippen LogP contribution >= 0.6 is 0 Å². The third-order valence-electron chi connectivity index (χ3n) is 5.93. The van der Waals surface area contributed by atoms with Crippen molar-refractivity contribution in [3.05, 3.63) is 71.3 Å². The molecule has 9 heteroatoms. The van der Waals surface area contributed by atoms with Crippen molar-refractivity contribution >= 4 is 17.8 Å². The van der Waals surface area contributed by atoms with Gasteiger partial charge in [0.2, 0.25) is 5.91 Å². The molecule has 0 N–H and O–H groups in total. The van der Waals surface area contributed by atoms with Crippen molar-refractivity contribution in [2.75, 3.05) is 26.7 Å². The summed E-state index contributed by atoms with van der Waals surface area (Å²) in [6.45, 7) is 1.24. The first-order valence-electron chi connectivity index (χ1n) is 11.0. The molecule has 2 aromatic rings. The number of rotatable bonds is 7. The molecule has 0 bridgehead atoms. The molecule has 1 aliphatic rings. The number of hydrogen-bond acceptors (Lipinski definition) is 4. The number of hydrogen-bond donors (Lipinski definition) is 0. The molecule has 1 aliphatic heterocycles. The lowest BCUT2D eigenvalue weighted by Crippen LogP contribution is -2.44. The van der Waals surface area contributed by atoms with E-state index in [1.165, 1.54) is 19.2 Å². The summed E-state index contributed by atoms with van der Waals surface area (Å²) < 4.78 is 43.0. The Morgan fingerprint density at radius 3 is 2.18 bits per heavy atom. The highest BCUT2D eigenvalue weighted by molar-refractivity contribution is 5.94. The molecular weight excluding hydrogens is 449 g/mol. The summed E-state index contributed by atoms with van der Waals surface area (Å²) in [4.78, 5) is 40.8. The van der Waals surface area contributed by atoms with Crippen LogP contribution in [0.25, 0.3) is 0 Å². The number of ether oxygens (including phenoxy) is 1. The lowest BCUT2D eigenvalue weighted by molar-refractivity contribution is -0.143. The van der Waals surface area contributed by atoms with E-state index in [1.807, 2.05) is 30.3 Å². The molecule has 0 saturated carbocycles. The minimum atomic E-state index is -4.46. The fourth-order valence-corrected chi connectivity index (χ4v) is 3.97. The number of piperidine rings is 1. The van der Waals surface area contributed by atoms with Crippen molar-refractivity contribution in [3.8, 4) is 0 Å². The Balaban J connectivity index is 1.61. The summed E-state index contributed by atoms with van der Waals surface area (Å²) in [5.74, 6) is -1.15. The SMILES string of the molecule is COC(=O)CCN(Cc1ccccc1)C(=O)C1CCN(C(=O)c2ccc(C(F)(F)F)cc2)CC1. The zero-order valence-corrected chi connectivity index (χ0v) is 18.9. The summed E-state index contributed by atoms with van der Waals surface area (Å²) in [5.41, 5.74) is 0.316. The van der Waals surface area contributed by atoms with Crippen LogP contribution in [0.15, 0.2) is 54.6 Å². The predicted octanol–water partition coefficient (Wildman–Crippen LogP) is 4.15. The summed E-state index contributed by atoms with van der Waals surface area (Å²) in [6, 6.07) is 13.6. The first-order valence-corrected chi connectivity index (χ1v) is 11.0. The van der Waals surface area contributed by atoms with E-state index in [9.17, 15) is 27.6 Å². The van der Waals surface area contributed by atoms with Gasteiger partial charge in [0.1, 0.15) is 0 Å². The molecule has 0 spiro atoms. The molecule has 1 heterocycles. The largest absolute Gasteiger partial charge is 0.469 e. The lowest BCUT2D eigenvalue weighted by Gasteiger charge is -2.34. The maximum Gasteiger partial charge on any atom is 0.416 e. The van der Waals surface area contributed by atoms with Crippen molar-refractivity contribution in [2.24, 2.45) is 5.92 Å². The Morgan fingerprint density at radius 2 is 1.62 bits per heavy atom. The van der Waals surface area contributed by atoms with Gasteiger partial charge in [-0.05, 0) is 42.7 Å². The third kappa shape index (κ3) is 6.59. The molecule has 0 atom stereocenters. The molecule has 0 aliphatic carbocycles. The van der Waals surface area contributed by atoms with Gasteiger partial charge in [0.05, 0.1) is 19.1 Å². The Kier molecular flexibility index (Phi) is 8.31. The molecule has 0 unspecified atom stereocenters. The van der Waals surface area contributed by atoms with E-state index >= 15 is 0 Å². The van der Waals surface area contributed by atoms with Crippen LogP contribution in [0.5, 0.6) is 0 Å². The van der Waals surface area contributed by atoms with Gasteiger partial charge in [-0.15, -0.1) is 0 Å². The molecule has 0 radical (unpaired) electrons. The summed E-state index contributed by atoms with van der Waals surface area (Å²) in [7, 11) is 1.30. The van der Waals surface area contributed by atoms with Gasteiger partial charge in [0.25, 0.3) is 5.91 Å². The zero-order chi connectivity index (χ0) is 24.7. The number of esters is 1. The van der Waals surface area contributed by atoms with Crippen molar-refractivity contribution in [1.82, 2.24) is 9.80 Å². The molecule has 0 aromatic heterocycles. The fraction of sp³-hybridized carbons (Fsp3) is 0.400. The van der Waals surface area contributed by atoms with E-state index < -0.39 is 17.7 Å². The monoisotopic (exact) mass is 476 g/mol. The molecule has 3 rings (SSSR count). The van der Waals surface area contributed by atoms with Gasteiger partial charge in [-0.1, -0.05) is 30.3 Å². The fourth-order valence-electron chi connectivity index (χ4n) is 3.97. The average Bonchev–Trinajstić information content (AvgIpc) is 2.85. The van der Waals surface area contributed by atoms with Gasteiger partial charge < -0.3 is 14.5 Å². The Labute approximate surface area is 196 Å². The van der Waals surface area contributed by atoms with Crippen LogP contribution in [0.3, 0.4) is 0 Å². The normalized spacial score (nSPS) is 14.5. The van der Waals surface area contributed by atoms with Crippen LogP contribution in [0.2, 0.25) is 0 Å². The Bertz CT molecular complexity index is 985. The first kappa shape index (κ1) is 25.3. The molecule has 6 nitrogen and oxygen atoms in total. The number of methoxy groups -OCH3 is 1. The van der Waals surface area contributed by atoms with E-state index in [-0.39, 0.29) is 36.3 Å². The molecular formula is C25H27F3N2O4. The van der Waals surface area contributed by atoms with Crippen molar-refractivity contribution in [2.45, 2.75) is 32.0 Å². The van der Waals surface area contributed by atoms with E-state index in [4.69, 9.17) is 4.74 Å². The van der Waals surface area contributed by atoms with Gasteiger partial charge in [0.15, 0.2) is 0 Å². The van der Waals surface area contributed by atoms with Gasteiger partial charge >= 0.3 is 12.1 Å². The zero-order valence-electron chi connectivity index (χ0n) is 18.9. The number of carbonyl (C=O) groups is 3. The second-order valence-corrected chi connectivity index (χ2v) is 8.21. The van der Waals surface area contributed by atoms with Crippen LogP contribution in [-0.2, 0) is 27.0 Å². The number of benzene rings is 2.